The molecule has 0 atom stereocenters. The van der Waals surface area contributed by atoms with E-state index in [1.54, 1.807) is 30.3 Å². The van der Waals surface area contributed by atoms with Crippen molar-refractivity contribution in [3.63, 3.8) is 0 Å². The average Bonchev–Trinajstić information content (AvgIpc) is 2.31. The molecule has 1 rings (SSSR count). The molecular formula is C10H14N4O3. The maximum atomic E-state index is 11.9. The molecule has 0 aromatic heterocycles. The number of rotatable bonds is 3. The lowest BCUT2D eigenvalue weighted by Crippen LogP contribution is -2.48. The molecule has 1 aromatic rings. The number of anilines is 1. The third-order valence-corrected chi connectivity index (χ3v) is 1.93. The highest BCUT2D eigenvalue weighted by atomic mass is 16.9. The molecule has 0 unspecified atom stereocenters. The Hall–Kier alpha value is -2.12. The SMILES string of the molecule is CON(OC)C(=O)N(C(=N)N)c1ccccc1. The first kappa shape index (κ1) is 12.9. The monoisotopic (exact) mass is 238 g/mol. The van der Waals surface area contributed by atoms with Crippen molar-refractivity contribution in [3.05, 3.63) is 30.3 Å². The van der Waals surface area contributed by atoms with Crippen molar-refractivity contribution in [2.45, 2.75) is 0 Å². The van der Waals surface area contributed by atoms with Crippen molar-refractivity contribution >= 4 is 17.7 Å². The molecule has 7 nitrogen and oxygen atoms in total. The molecule has 2 amide bonds. The lowest BCUT2D eigenvalue weighted by Gasteiger charge is -2.25. The summed E-state index contributed by atoms with van der Waals surface area (Å²) in [6, 6.07) is 7.81. The number of hydroxylamine groups is 2. The number of nitrogens with one attached hydrogen (secondary N) is 1. The number of nitrogens with two attached hydrogens (primary N) is 1. The van der Waals surface area contributed by atoms with Gasteiger partial charge in [-0.2, -0.15) is 0 Å². The number of nitrogens with zero attached hydrogens (tertiary/aromatic N) is 2. The zero-order valence-corrected chi connectivity index (χ0v) is 9.58. The highest BCUT2D eigenvalue weighted by Gasteiger charge is 2.25. The van der Waals surface area contributed by atoms with E-state index in [0.29, 0.717) is 10.9 Å². The summed E-state index contributed by atoms with van der Waals surface area (Å²) in [4.78, 5) is 22.2. The summed E-state index contributed by atoms with van der Waals surface area (Å²) in [5.41, 5.74) is 5.82. The van der Waals surface area contributed by atoms with Gasteiger partial charge in [-0.15, -0.1) is 0 Å². The van der Waals surface area contributed by atoms with Crippen LogP contribution in [0.5, 0.6) is 0 Å². The van der Waals surface area contributed by atoms with E-state index in [-0.39, 0.29) is 0 Å². The van der Waals surface area contributed by atoms with Gasteiger partial charge in [0, 0.05) is 0 Å². The van der Waals surface area contributed by atoms with E-state index >= 15 is 0 Å². The van der Waals surface area contributed by atoms with E-state index in [1.807, 2.05) is 0 Å². The van der Waals surface area contributed by atoms with Crippen molar-refractivity contribution in [3.8, 4) is 0 Å². The van der Waals surface area contributed by atoms with Crippen LogP contribution in [0.2, 0.25) is 0 Å². The molecular weight excluding hydrogens is 224 g/mol. The van der Waals surface area contributed by atoms with Crippen molar-refractivity contribution in [2.75, 3.05) is 19.1 Å². The molecule has 1 aromatic carbocycles. The Kier molecular flexibility index (Phi) is 4.44. The first-order valence-corrected chi connectivity index (χ1v) is 4.73. The molecule has 0 saturated heterocycles. The third kappa shape index (κ3) is 2.92. The molecule has 0 heterocycles. The lowest BCUT2D eigenvalue weighted by molar-refractivity contribution is -0.296. The summed E-state index contributed by atoms with van der Waals surface area (Å²) in [7, 11) is 2.54. The van der Waals surface area contributed by atoms with Crippen LogP contribution in [-0.2, 0) is 9.68 Å². The van der Waals surface area contributed by atoms with Gasteiger partial charge in [0.05, 0.1) is 19.9 Å². The number of urea groups is 1. The molecule has 0 bridgehead atoms. The summed E-state index contributed by atoms with van der Waals surface area (Å²) in [5.74, 6) is -0.430. The van der Waals surface area contributed by atoms with Crippen molar-refractivity contribution in [1.82, 2.24) is 5.23 Å². The smallest absolute Gasteiger partial charge is 0.369 e. The first-order valence-electron chi connectivity index (χ1n) is 4.73. The number of carbonyl (C=O) groups is 1. The Morgan fingerprint density at radius 3 is 2.18 bits per heavy atom. The maximum Gasteiger partial charge on any atom is 0.380 e. The van der Waals surface area contributed by atoms with Gasteiger partial charge in [-0.1, -0.05) is 23.4 Å². The molecule has 0 aliphatic rings. The fourth-order valence-corrected chi connectivity index (χ4v) is 1.24. The summed E-state index contributed by atoms with van der Waals surface area (Å²) >= 11 is 0. The maximum absolute atomic E-state index is 11.9. The van der Waals surface area contributed by atoms with Gasteiger partial charge < -0.3 is 5.73 Å². The van der Waals surface area contributed by atoms with E-state index in [0.717, 1.165) is 4.90 Å². The van der Waals surface area contributed by atoms with Gasteiger partial charge in [-0.25, -0.2) is 19.4 Å². The van der Waals surface area contributed by atoms with Crippen LogP contribution in [-0.4, -0.2) is 31.4 Å². The lowest BCUT2D eigenvalue weighted by atomic mass is 10.3. The summed E-state index contributed by atoms with van der Waals surface area (Å²) in [6.07, 6.45) is 0. The van der Waals surface area contributed by atoms with Gasteiger partial charge in [0.25, 0.3) is 0 Å². The van der Waals surface area contributed by atoms with Gasteiger partial charge in [0.2, 0.25) is 5.96 Å². The van der Waals surface area contributed by atoms with E-state index in [4.69, 9.17) is 11.1 Å². The molecule has 0 spiro atoms. The molecule has 3 N–H and O–H groups in total. The van der Waals surface area contributed by atoms with Crippen molar-refractivity contribution in [1.29, 1.82) is 5.41 Å². The topological polar surface area (TPSA) is 91.9 Å². The van der Waals surface area contributed by atoms with Crippen LogP contribution < -0.4 is 10.6 Å². The van der Waals surface area contributed by atoms with Crippen LogP contribution in [0.1, 0.15) is 0 Å². The van der Waals surface area contributed by atoms with Gasteiger partial charge in [-0.05, 0) is 12.1 Å². The van der Waals surface area contributed by atoms with E-state index < -0.39 is 12.0 Å². The minimum absolute atomic E-state index is 0.430. The van der Waals surface area contributed by atoms with Crippen LogP contribution in [0.3, 0.4) is 0 Å². The van der Waals surface area contributed by atoms with Crippen molar-refractivity contribution < 1.29 is 14.5 Å². The summed E-state index contributed by atoms with van der Waals surface area (Å²) < 4.78 is 0. The second-order valence-corrected chi connectivity index (χ2v) is 2.96. The molecule has 0 radical (unpaired) electrons. The van der Waals surface area contributed by atoms with Gasteiger partial charge in [0.1, 0.15) is 0 Å². The Morgan fingerprint density at radius 2 is 1.76 bits per heavy atom. The Morgan fingerprint density at radius 1 is 1.24 bits per heavy atom. The van der Waals surface area contributed by atoms with Gasteiger partial charge in [0.15, 0.2) is 0 Å². The summed E-state index contributed by atoms with van der Waals surface area (Å²) in [6.45, 7) is 0. The van der Waals surface area contributed by atoms with Crippen LogP contribution >= 0.6 is 0 Å². The fraction of sp³-hybridized carbons (Fsp3) is 0.200. The molecule has 0 fully saturated rings. The van der Waals surface area contributed by atoms with Crippen LogP contribution in [0.25, 0.3) is 0 Å². The fourth-order valence-electron chi connectivity index (χ4n) is 1.24. The first-order chi connectivity index (χ1) is 8.11. The highest BCUT2D eigenvalue weighted by molar-refractivity contribution is 6.13. The highest BCUT2D eigenvalue weighted by Crippen LogP contribution is 2.15. The van der Waals surface area contributed by atoms with Crippen molar-refractivity contribution in [2.24, 2.45) is 5.73 Å². The zero-order chi connectivity index (χ0) is 12.8. The third-order valence-electron chi connectivity index (χ3n) is 1.93. The normalized spacial score (nSPS) is 9.76. The minimum Gasteiger partial charge on any atom is -0.369 e. The number of hydrogen-bond acceptors (Lipinski definition) is 4. The number of hydrogen-bond donors (Lipinski definition) is 2. The van der Waals surface area contributed by atoms with Crippen LogP contribution in [0, 0.1) is 5.41 Å². The number of para-hydroxylation sites is 1. The van der Waals surface area contributed by atoms with Gasteiger partial charge >= 0.3 is 6.03 Å². The Balaban J connectivity index is 3.02. The number of amides is 2. The second kappa shape index (κ2) is 5.83. The van der Waals surface area contributed by atoms with Gasteiger partial charge in [-0.3, -0.25) is 5.41 Å². The predicted octanol–water partition coefficient (Wildman–Crippen LogP) is 0.931. The molecule has 7 heteroatoms. The largest absolute Gasteiger partial charge is 0.380 e. The van der Waals surface area contributed by atoms with E-state index in [9.17, 15) is 4.79 Å². The Bertz CT molecular complexity index is 392. The number of guanidine groups is 1. The second-order valence-electron chi connectivity index (χ2n) is 2.96. The quantitative estimate of drug-likeness (QED) is 0.465. The molecule has 17 heavy (non-hydrogen) atoms. The molecule has 92 valence electrons. The van der Waals surface area contributed by atoms with Crippen LogP contribution in [0.4, 0.5) is 10.5 Å². The molecule has 0 saturated carbocycles. The molecule has 0 aliphatic heterocycles. The number of benzene rings is 1. The Labute approximate surface area is 98.7 Å². The standard InChI is InChI=1S/C10H14N4O3/c1-16-14(17-2)10(15)13(9(11)12)8-6-4-3-5-7-8/h3-7H,1-2H3,(H3,11,12). The van der Waals surface area contributed by atoms with E-state index in [2.05, 4.69) is 9.68 Å². The predicted molar refractivity (Wildman–Crippen MR) is 62.1 cm³/mol. The van der Waals surface area contributed by atoms with Crippen LogP contribution in [0.15, 0.2) is 30.3 Å². The number of carbonyl (C=O) groups excluding carboxylic acids is 1. The summed E-state index contributed by atoms with van der Waals surface area (Å²) in [5, 5.41) is 8.03. The zero-order valence-electron chi connectivity index (χ0n) is 9.58. The molecule has 0 aliphatic carbocycles. The average molecular weight is 238 g/mol. The van der Waals surface area contributed by atoms with E-state index in [1.165, 1.54) is 14.2 Å². The minimum atomic E-state index is -0.714.